The molecule has 2 aromatic heterocycles. The van der Waals surface area contributed by atoms with Gasteiger partial charge < -0.3 is 9.47 Å². The van der Waals surface area contributed by atoms with Crippen LogP contribution in [0.15, 0.2) is 24.3 Å². The van der Waals surface area contributed by atoms with Gasteiger partial charge >= 0.3 is 6.18 Å². The van der Waals surface area contributed by atoms with E-state index in [1.54, 1.807) is 13.0 Å². The fourth-order valence-corrected chi connectivity index (χ4v) is 4.32. The zero-order valence-corrected chi connectivity index (χ0v) is 17.2. The van der Waals surface area contributed by atoms with Crippen LogP contribution in [0.5, 0.6) is 11.6 Å². The van der Waals surface area contributed by atoms with Gasteiger partial charge in [-0.25, -0.2) is 9.97 Å². The second-order valence-electron chi connectivity index (χ2n) is 8.12. The summed E-state index contributed by atoms with van der Waals surface area (Å²) in [4.78, 5) is 10.6. The minimum atomic E-state index is -4.42. The molecule has 0 N–H and O–H groups in total. The summed E-state index contributed by atoms with van der Waals surface area (Å²) in [5.41, 5.74) is 1.21. The van der Waals surface area contributed by atoms with Crippen LogP contribution >= 0.6 is 0 Å². The maximum atomic E-state index is 13.1. The van der Waals surface area contributed by atoms with Gasteiger partial charge in [-0.2, -0.15) is 13.2 Å². The molecule has 0 saturated carbocycles. The van der Waals surface area contributed by atoms with Gasteiger partial charge in [-0.05, 0) is 75.4 Å². The molecule has 0 amide bonds. The third kappa shape index (κ3) is 4.69. The molecule has 2 aliphatic heterocycles. The summed E-state index contributed by atoms with van der Waals surface area (Å²) in [5.74, 6) is 1.50. The average Bonchev–Trinajstić information content (AvgIpc) is 2.72. The van der Waals surface area contributed by atoms with Gasteiger partial charge in [0, 0.05) is 18.3 Å². The second kappa shape index (κ2) is 8.41. The summed E-state index contributed by atoms with van der Waals surface area (Å²) in [7, 11) is 0. The Morgan fingerprint density at radius 3 is 2.77 bits per heavy atom. The van der Waals surface area contributed by atoms with Crippen LogP contribution in [0.25, 0.3) is 0 Å². The predicted molar refractivity (Wildman–Crippen MR) is 106 cm³/mol. The van der Waals surface area contributed by atoms with Gasteiger partial charge in [-0.15, -0.1) is 0 Å². The number of rotatable bonds is 4. The van der Waals surface area contributed by atoms with Crippen LogP contribution in [-0.2, 0) is 12.6 Å². The molecular formula is C22H26F3N3O2. The first-order valence-electron chi connectivity index (χ1n) is 10.3. The molecule has 2 atom stereocenters. The maximum absolute atomic E-state index is 13.1. The van der Waals surface area contributed by atoms with Crippen molar-refractivity contribution >= 4 is 0 Å². The summed E-state index contributed by atoms with van der Waals surface area (Å²) >= 11 is 0. The van der Waals surface area contributed by atoms with Crippen molar-refractivity contribution < 1.29 is 22.6 Å². The standard InChI is InChI=1S/C22H26F3N3O2/c1-14-10-17(12-20(26-14)22(23,24)25)11-16-4-3-7-28(13-16)15(2)18-5-6-19-21(27-18)30-9-8-29-19/h5-6,10,12,15-16H,3-4,7-9,11,13H2,1-2H3. The van der Waals surface area contributed by atoms with Crippen molar-refractivity contribution in [3.8, 4) is 11.6 Å². The number of hydrogen-bond acceptors (Lipinski definition) is 5. The average molecular weight is 421 g/mol. The topological polar surface area (TPSA) is 47.5 Å². The number of alkyl halides is 3. The van der Waals surface area contributed by atoms with Crippen LogP contribution in [0.4, 0.5) is 13.2 Å². The number of halogens is 3. The summed E-state index contributed by atoms with van der Waals surface area (Å²) in [6.45, 7) is 6.51. The highest BCUT2D eigenvalue weighted by Crippen LogP contribution is 2.33. The van der Waals surface area contributed by atoms with E-state index in [1.165, 1.54) is 6.07 Å². The third-order valence-corrected chi connectivity index (χ3v) is 5.78. The van der Waals surface area contributed by atoms with Crippen LogP contribution in [0.2, 0.25) is 0 Å². The smallest absolute Gasteiger partial charge is 0.433 e. The van der Waals surface area contributed by atoms with E-state index >= 15 is 0 Å². The first kappa shape index (κ1) is 20.9. The summed E-state index contributed by atoms with van der Waals surface area (Å²) in [6, 6.07) is 6.91. The zero-order chi connectivity index (χ0) is 21.3. The Bertz CT molecular complexity index is 904. The van der Waals surface area contributed by atoms with Crippen LogP contribution in [-0.4, -0.2) is 41.2 Å². The number of likely N-dealkylation sites (tertiary alicyclic amines) is 1. The highest BCUT2D eigenvalue weighted by atomic mass is 19.4. The molecule has 2 aliphatic rings. The monoisotopic (exact) mass is 421 g/mol. The fraction of sp³-hybridized carbons (Fsp3) is 0.545. The molecule has 0 radical (unpaired) electrons. The van der Waals surface area contributed by atoms with Gasteiger partial charge in [0.25, 0.3) is 5.88 Å². The zero-order valence-electron chi connectivity index (χ0n) is 17.2. The lowest BCUT2D eigenvalue weighted by Gasteiger charge is -2.37. The number of ether oxygens (including phenoxy) is 2. The van der Waals surface area contributed by atoms with Crippen molar-refractivity contribution in [1.29, 1.82) is 0 Å². The van der Waals surface area contributed by atoms with Gasteiger partial charge in [0.1, 0.15) is 18.9 Å². The van der Waals surface area contributed by atoms with E-state index in [-0.39, 0.29) is 6.04 Å². The molecule has 0 spiro atoms. The van der Waals surface area contributed by atoms with E-state index in [2.05, 4.69) is 21.8 Å². The number of fused-ring (bicyclic) bond motifs is 1. The van der Waals surface area contributed by atoms with Gasteiger partial charge in [0.2, 0.25) is 0 Å². The van der Waals surface area contributed by atoms with E-state index in [1.807, 2.05) is 12.1 Å². The Kier molecular flexibility index (Phi) is 5.86. The largest absolute Gasteiger partial charge is 0.484 e. The Balaban J connectivity index is 1.45. The number of aryl methyl sites for hydroxylation is 1. The molecule has 0 bridgehead atoms. The van der Waals surface area contributed by atoms with E-state index in [4.69, 9.17) is 9.47 Å². The van der Waals surface area contributed by atoms with Crippen LogP contribution < -0.4 is 9.47 Å². The molecule has 1 saturated heterocycles. The van der Waals surface area contributed by atoms with E-state index < -0.39 is 11.9 Å². The minimum absolute atomic E-state index is 0.0912. The Labute approximate surface area is 174 Å². The fourth-order valence-electron chi connectivity index (χ4n) is 4.32. The molecule has 4 rings (SSSR count). The molecule has 2 unspecified atom stereocenters. The van der Waals surface area contributed by atoms with Gasteiger partial charge in [0.15, 0.2) is 5.75 Å². The second-order valence-corrected chi connectivity index (χ2v) is 8.12. The molecule has 30 heavy (non-hydrogen) atoms. The first-order valence-corrected chi connectivity index (χ1v) is 10.3. The number of hydrogen-bond donors (Lipinski definition) is 0. The van der Waals surface area contributed by atoms with Crippen LogP contribution in [0.1, 0.15) is 48.5 Å². The van der Waals surface area contributed by atoms with Gasteiger partial charge in [-0.3, -0.25) is 4.90 Å². The molecule has 0 aliphatic carbocycles. The molecule has 4 heterocycles. The quantitative estimate of drug-likeness (QED) is 0.723. The van der Waals surface area contributed by atoms with Crippen molar-refractivity contribution in [2.45, 2.75) is 45.3 Å². The molecule has 8 heteroatoms. The summed E-state index contributed by atoms with van der Waals surface area (Å²) in [6.07, 6.45) is -1.79. The summed E-state index contributed by atoms with van der Waals surface area (Å²) < 4.78 is 50.5. The number of nitrogens with zero attached hydrogens (tertiary/aromatic N) is 3. The number of pyridine rings is 2. The van der Waals surface area contributed by atoms with Crippen molar-refractivity contribution in [2.24, 2.45) is 5.92 Å². The third-order valence-electron chi connectivity index (χ3n) is 5.78. The normalized spacial score (nSPS) is 20.8. The maximum Gasteiger partial charge on any atom is 0.433 e. The molecular weight excluding hydrogens is 395 g/mol. The van der Waals surface area contributed by atoms with Crippen LogP contribution in [0.3, 0.4) is 0 Å². The van der Waals surface area contributed by atoms with Gasteiger partial charge in [-0.1, -0.05) is 0 Å². The number of piperidine rings is 1. The van der Waals surface area contributed by atoms with E-state index in [0.29, 0.717) is 48.4 Å². The Hall–Kier alpha value is -2.35. The predicted octanol–water partition coefficient (Wildman–Crippen LogP) is 4.59. The van der Waals surface area contributed by atoms with Crippen molar-refractivity contribution in [1.82, 2.24) is 14.9 Å². The van der Waals surface area contributed by atoms with E-state index in [0.717, 1.165) is 31.6 Å². The highest BCUT2D eigenvalue weighted by Gasteiger charge is 2.33. The van der Waals surface area contributed by atoms with Crippen molar-refractivity contribution in [2.75, 3.05) is 26.3 Å². The SMILES string of the molecule is Cc1cc(CC2CCCN(C(C)c3ccc4c(n3)OCCO4)C2)cc(C(F)(F)F)n1. The molecule has 1 fully saturated rings. The van der Waals surface area contributed by atoms with Gasteiger partial charge in [0.05, 0.1) is 5.69 Å². The first-order chi connectivity index (χ1) is 14.3. The van der Waals surface area contributed by atoms with Crippen LogP contribution in [0, 0.1) is 12.8 Å². The minimum Gasteiger partial charge on any atom is -0.484 e. The lowest BCUT2D eigenvalue weighted by atomic mass is 9.90. The Morgan fingerprint density at radius 1 is 1.17 bits per heavy atom. The van der Waals surface area contributed by atoms with Crippen molar-refractivity contribution in [3.63, 3.8) is 0 Å². The van der Waals surface area contributed by atoms with E-state index in [9.17, 15) is 13.2 Å². The molecule has 162 valence electrons. The lowest BCUT2D eigenvalue weighted by Crippen LogP contribution is -2.38. The summed E-state index contributed by atoms with van der Waals surface area (Å²) in [5, 5.41) is 0. The van der Waals surface area contributed by atoms with Crippen molar-refractivity contribution in [3.05, 3.63) is 46.9 Å². The molecule has 5 nitrogen and oxygen atoms in total. The Morgan fingerprint density at radius 2 is 1.97 bits per heavy atom. The molecule has 2 aromatic rings. The lowest BCUT2D eigenvalue weighted by molar-refractivity contribution is -0.141. The highest BCUT2D eigenvalue weighted by molar-refractivity contribution is 5.36. The molecule has 0 aromatic carbocycles. The number of aromatic nitrogens is 2.